The predicted molar refractivity (Wildman–Crippen MR) is 124 cm³/mol. The van der Waals surface area contributed by atoms with Gasteiger partial charge >= 0.3 is 5.97 Å². The molecule has 4 nitrogen and oxygen atoms in total. The van der Waals surface area contributed by atoms with Crippen LogP contribution in [-0.4, -0.2) is 25.2 Å². The Bertz CT molecular complexity index is 910. The minimum atomic E-state index is -0.0841. The molecule has 0 amide bonds. The first-order valence-corrected chi connectivity index (χ1v) is 12.1. The maximum Gasteiger partial charge on any atom is 0.306 e. The van der Waals surface area contributed by atoms with Crippen molar-refractivity contribution in [2.45, 2.75) is 70.9 Å². The average molecular weight is 424 g/mol. The molecule has 2 fully saturated rings. The zero-order valence-electron chi connectivity index (χ0n) is 18.9. The van der Waals surface area contributed by atoms with Gasteiger partial charge in [-0.25, -0.2) is 0 Å². The molecule has 31 heavy (non-hydrogen) atoms. The van der Waals surface area contributed by atoms with Crippen molar-refractivity contribution in [3.63, 3.8) is 0 Å². The highest BCUT2D eigenvalue weighted by atomic mass is 16.5. The van der Waals surface area contributed by atoms with Crippen LogP contribution in [0.1, 0.15) is 71.0 Å². The second kappa shape index (κ2) is 8.46. The highest BCUT2D eigenvalue weighted by Gasteiger charge is 2.57. The van der Waals surface area contributed by atoms with Crippen molar-refractivity contribution in [3.8, 4) is 5.75 Å². The molecule has 2 unspecified atom stereocenters. The summed E-state index contributed by atoms with van der Waals surface area (Å²) < 4.78 is 10.7. The van der Waals surface area contributed by atoms with Gasteiger partial charge in [-0.2, -0.15) is 0 Å². The number of allylic oxidation sites excluding steroid dienone is 4. The van der Waals surface area contributed by atoms with Gasteiger partial charge in [0.05, 0.1) is 13.2 Å². The van der Waals surface area contributed by atoms with Crippen molar-refractivity contribution in [2.24, 2.45) is 17.3 Å². The Morgan fingerprint density at radius 2 is 2.29 bits per heavy atom. The highest BCUT2D eigenvalue weighted by Crippen LogP contribution is 2.65. The summed E-state index contributed by atoms with van der Waals surface area (Å²) in [6, 6.07) is 7.66. The van der Waals surface area contributed by atoms with E-state index in [1.54, 1.807) is 0 Å². The van der Waals surface area contributed by atoms with Crippen LogP contribution in [0.25, 0.3) is 0 Å². The molecular weight excluding hydrogens is 386 g/mol. The number of benzene rings is 1. The fourth-order valence-electron chi connectivity index (χ4n) is 6.10. The lowest BCUT2D eigenvalue weighted by Gasteiger charge is -2.25. The van der Waals surface area contributed by atoms with Crippen LogP contribution in [0.3, 0.4) is 0 Å². The molecule has 2 saturated carbocycles. The number of ether oxygens (including phenoxy) is 2. The molecule has 0 spiro atoms. The molecule has 4 aliphatic rings. The van der Waals surface area contributed by atoms with Crippen LogP contribution >= 0.6 is 0 Å². The molecule has 1 N–H and O–H groups in total. The van der Waals surface area contributed by atoms with Crippen molar-refractivity contribution in [1.29, 1.82) is 0 Å². The number of hydrogen-bond acceptors (Lipinski definition) is 4. The topological polar surface area (TPSA) is 47.6 Å². The van der Waals surface area contributed by atoms with Gasteiger partial charge in [0.1, 0.15) is 5.75 Å². The van der Waals surface area contributed by atoms with E-state index in [4.69, 9.17) is 9.47 Å². The summed E-state index contributed by atoms with van der Waals surface area (Å²) in [5, 5.41) is 3.91. The Labute approximate surface area is 187 Å². The standard InChI is InChI=1S/C27H35NO3.H2/c1-3-30-26(29)9-4-19-10-12-27(17-23(27)14-19)22-6-7-24(16-22)28-18(2)20-5-8-25-21(15-20)11-13-31-25;/h5,8,10,12,14-15,18,22-24,28H,3-4,6-7,9,11,13,16-17H2,1-2H3;1H/t18-,22+,23?,24+,27?;/m1./s1. The van der Waals surface area contributed by atoms with Gasteiger partial charge in [-0.3, -0.25) is 4.79 Å². The molecule has 5 atom stereocenters. The Hall–Kier alpha value is -2.07. The van der Waals surface area contributed by atoms with Gasteiger partial charge in [0, 0.05) is 26.4 Å². The second-order valence-corrected chi connectivity index (χ2v) is 9.86. The van der Waals surface area contributed by atoms with Crippen LogP contribution in [-0.2, 0) is 16.0 Å². The van der Waals surface area contributed by atoms with Gasteiger partial charge in [0.2, 0.25) is 0 Å². The van der Waals surface area contributed by atoms with Crippen molar-refractivity contribution in [2.75, 3.05) is 13.2 Å². The minimum Gasteiger partial charge on any atom is -0.493 e. The highest BCUT2D eigenvalue weighted by molar-refractivity contribution is 5.69. The number of fused-ring (bicyclic) bond motifs is 2. The van der Waals surface area contributed by atoms with Crippen LogP contribution in [0.15, 0.2) is 42.0 Å². The first-order valence-electron chi connectivity index (χ1n) is 12.1. The lowest BCUT2D eigenvalue weighted by molar-refractivity contribution is -0.143. The van der Waals surface area contributed by atoms with E-state index in [1.807, 2.05) is 6.92 Å². The van der Waals surface area contributed by atoms with Gasteiger partial charge in [0.25, 0.3) is 0 Å². The van der Waals surface area contributed by atoms with E-state index >= 15 is 0 Å². The van der Waals surface area contributed by atoms with Gasteiger partial charge in [-0.1, -0.05) is 35.9 Å². The summed E-state index contributed by atoms with van der Waals surface area (Å²) in [7, 11) is 0. The van der Waals surface area contributed by atoms with Gasteiger partial charge < -0.3 is 14.8 Å². The Morgan fingerprint density at radius 1 is 1.39 bits per heavy atom. The zero-order valence-corrected chi connectivity index (χ0v) is 18.9. The van der Waals surface area contributed by atoms with Crippen LogP contribution in [0.4, 0.5) is 0 Å². The number of rotatable bonds is 8. The molecule has 1 heterocycles. The molecule has 168 valence electrons. The summed E-state index contributed by atoms with van der Waals surface area (Å²) in [5.74, 6) is 2.43. The van der Waals surface area contributed by atoms with Crippen molar-refractivity contribution in [1.82, 2.24) is 5.32 Å². The van der Waals surface area contributed by atoms with Gasteiger partial charge in [0.15, 0.2) is 0 Å². The summed E-state index contributed by atoms with van der Waals surface area (Å²) in [6.45, 7) is 5.44. The van der Waals surface area contributed by atoms with Gasteiger partial charge in [-0.15, -0.1) is 0 Å². The Kier molecular flexibility index (Phi) is 5.68. The fourth-order valence-corrected chi connectivity index (χ4v) is 6.10. The van der Waals surface area contributed by atoms with Crippen LogP contribution in [0.5, 0.6) is 5.75 Å². The SMILES string of the molecule is CCOC(=O)CCC1=CC2CC2([C@H]2CC[C@H](N[C@H](C)c3ccc4c(c3)CCO4)C2)C=C1.[HH]. The number of carbonyl (C=O) groups excluding carboxylic acids is 1. The first kappa shape index (κ1) is 20.8. The van der Waals surface area contributed by atoms with Crippen LogP contribution in [0.2, 0.25) is 0 Å². The summed E-state index contributed by atoms with van der Waals surface area (Å²) >= 11 is 0. The summed E-state index contributed by atoms with van der Waals surface area (Å²) in [4.78, 5) is 11.6. The number of hydrogen-bond donors (Lipinski definition) is 1. The third-order valence-corrected chi connectivity index (χ3v) is 7.94. The molecule has 1 aliphatic heterocycles. The third-order valence-electron chi connectivity index (χ3n) is 7.94. The Morgan fingerprint density at radius 3 is 3.13 bits per heavy atom. The fraction of sp³-hybridized carbons (Fsp3) is 0.593. The number of esters is 1. The first-order chi connectivity index (χ1) is 15.1. The molecule has 3 aliphatic carbocycles. The summed E-state index contributed by atoms with van der Waals surface area (Å²) in [5.41, 5.74) is 4.43. The quantitative estimate of drug-likeness (QED) is 0.558. The van der Waals surface area contributed by atoms with E-state index in [0.717, 1.165) is 31.1 Å². The zero-order chi connectivity index (χ0) is 21.4. The molecule has 1 aromatic rings. The van der Waals surface area contributed by atoms with Crippen molar-refractivity contribution >= 4 is 5.97 Å². The monoisotopic (exact) mass is 423 g/mol. The number of carbonyl (C=O) groups is 1. The Balaban J connectivity index is 0.00000245. The van der Waals surface area contributed by atoms with Crippen LogP contribution < -0.4 is 10.1 Å². The smallest absolute Gasteiger partial charge is 0.306 e. The van der Waals surface area contributed by atoms with E-state index in [-0.39, 0.29) is 7.40 Å². The van der Waals surface area contributed by atoms with E-state index < -0.39 is 0 Å². The molecule has 0 saturated heterocycles. The lowest BCUT2D eigenvalue weighted by Crippen LogP contribution is -2.30. The van der Waals surface area contributed by atoms with E-state index in [9.17, 15) is 4.79 Å². The lowest BCUT2D eigenvalue weighted by atomic mass is 9.81. The van der Waals surface area contributed by atoms with E-state index in [2.05, 4.69) is 48.7 Å². The predicted octanol–water partition coefficient (Wildman–Crippen LogP) is 5.53. The van der Waals surface area contributed by atoms with Crippen LogP contribution in [0, 0.1) is 17.3 Å². The largest absolute Gasteiger partial charge is 0.493 e. The molecule has 5 rings (SSSR count). The van der Waals surface area contributed by atoms with E-state index in [1.165, 1.54) is 42.4 Å². The molecule has 0 aromatic heterocycles. The molecule has 0 bridgehead atoms. The molecule has 0 radical (unpaired) electrons. The normalized spacial score (nSPS) is 31.4. The van der Waals surface area contributed by atoms with Gasteiger partial charge in [-0.05, 0) is 80.4 Å². The molecule has 4 heteroatoms. The minimum absolute atomic E-state index is 0. The summed E-state index contributed by atoms with van der Waals surface area (Å²) in [6.07, 6.45) is 14.7. The molecule has 1 aromatic carbocycles. The second-order valence-electron chi connectivity index (χ2n) is 9.86. The molecular formula is C27H37NO3. The number of nitrogens with one attached hydrogen (secondary N) is 1. The maximum atomic E-state index is 11.6. The average Bonchev–Trinajstić information content (AvgIpc) is 3.09. The van der Waals surface area contributed by atoms with Crippen molar-refractivity contribution < 1.29 is 15.7 Å². The third kappa shape index (κ3) is 4.19. The van der Waals surface area contributed by atoms with E-state index in [0.29, 0.717) is 36.4 Å². The van der Waals surface area contributed by atoms with Crippen molar-refractivity contribution in [3.05, 3.63) is 53.1 Å². The maximum absolute atomic E-state index is 11.6.